The van der Waals surface area contributed by atoms with E-state index >= 15 is 0 Å². The van der Waals surface area contributed by atoms with Crippen LogP contribution in [0.5, 0.6) is 11.5 Å². The van der Waals surface area contributed by atoms with E-state index in [1.807, 2.05) is 26.0 Å². The molecule has 23 heavy (non-hydrogen) atoms. The van der Waals surface area contributed by atoms with Gasteiger partial charge < -0.3 is 19.3 Å². The lowest BCUT2D eigenvalue weighted by molar-refractivity contribution is 0.393. The van der Waals surface area contributed by atoms with Gasteiger partial charge in [0, 0.05) is 10.9 Å². The van der Waals surface area contributed by atoms with Crippen LogP contribution < -0.4 is 14.8 Å². The monoisotopic (exact) mass is 309 g/mol. The van der Waals surface area contributed by atoms with Crippen LogP contribution in [0.2, 0.25) is 0 Å². The summed E-state index contributed by atoms with van der Waals surface area (Å²) in [6.45, 7) is 7.58. The fraction of sp³-hybridized carbons (Fsp3) is 0.176. The van der Waals surface area contributed by atoms with E-state index in [4.69, 9.17) is 14.0 Å². The third-order valence-electron chi connectivity index (χ3n) is 3.95. The summed E-state index contributed by atoms with van der Waals surface area (Å²) in [5.74, 6) is 2.62. The predicted octanol–water partition coefficient (Wildman–Crippen LogP) is 3.79. The van der Waals surface area contributed by atoms with Crippen LogP contribution in [0.25, 0.3) is 22.0 Å². The number of ether oxygens (including phenoxy) is 2. The summed E-state index contributed by atoms with van der Waals surface area (Å²) in [5.41, 5.74) is 4.33. The van der Waals surface area contributed by atoms with Gasteiger partial charge in [-0.1, -0.05) is 5.16 Å². The molecule has 6 heteroatoms. The number of nitrogens with one attached hydrogen (secondary N) is 1. The highest BCUT2D eigenvalue weighted by atomic mass is 16.5. The molecular formula is C17H15N3O3. The zero-order valence-corrected chi connectivity index (χ0v) is 13.1. The van der Waals surface area contributed by atoms with Gasteiger partial charge in [-0.05, 0) is 32.6 Å². The zero-order chi connectivity index (χ0) is 16.1. The lowest BCUT2D eigenvalue weighted by atomic mass is 10.00. The second-order valence-corrected chi connectivity index (χ2v) is 5.42. The number of anilines is 1. The highest BCUT2D eigenvalue weighted by molar-refractivity contribution is 6.00. The maximum Gasteiger partial charge on any atom is 0.190 e. The van der Waals surface area contributed by atoms with Gasteiger partial charge in [-0.3, -0.25) is 4.98 Å². The number of aromatic nitrogens is 2. The molecule has 0 unspecified atom stereocenters. The first kappa shape index (κ1) is 13.6. The molecule has 0 saturated carbocycles. The van der Waals surface area contributed by atoms with E-state index in [0.717, 1.165) is 44.9 Å². The number of rotatable bonds is 2. The zero-order valence-electron chi connectivity index (χ0n) is 13.1. The molecule has 6 nitrogen and oxygen atoms in total. The van der Waals surface area contributed by atoms with Crippen molar-refractivity contribution in [3.05, 3.63) is 42.2 Å². The number of nitrogens with zero attached hydrogens (tertiary/aromatic N) is 2. The second-order valence-electron chi connectivity index (χ2n) is 5.42. The second kappa shape index (κ2) is 4.74. The predicted molar refractivity (Wildman–Crippen MR) is 86.7 cm³/mol. The van der Waals surface area contributed by atoms with Crippen LogP contribution >= 0.6 is 0 Å². The SMILES string of the molecule is C=C1Nc2c(cnc3cc(-c4c(C)noc4C)c(OC)cc23)O1. The molecule has 0 saturated heterocycles. The summed E-state index contributed by atoms with van der Waals surface area (Å²) in [5, 5.41) is 8.06. The largest absolute Gasteiger partial charge is 0.496 e. The number of pyridine rings is 1. The third-order valence-corrected chi connectivity index (χ3v) is 3.95. The molecule has 1 aliphatic rings. The Morgan fingerprint density at radius 2 is 2.09 bits per heavy atom. The quantitative estimate of drug-likeness (QED) is 0.776. The van der Waals surface area contributed by atoms with Gasteiger partial charge in [0.25, 0.3) is 0 Å². The van der Waals surface area contributed by atoms with Crippen molar-refractivity contribution in [2.45, 2.75) is 13.8 Å². The molecule has 0 atom stereocenters. The molecule has 1 N–H and O–H groups in total. The van der Waals surface area contributed by atoms with Crippen molar-refractivity contribution < 1.29 is 14.0 Å². The highest BCUT2D eigenvalue weighted by Crippen LogP contribution is 2.43. The Bertz CT molecular complexity index is 940. The molecule has 0 spiro atoms. The van der Waals surface area contributed by atoms with Crippen LogP contribution in [-0.4, -0.2) is 17.3 Å². The van der Waals surface area contributed by atoms with Crippen molar-refractivity contribution in [1.82, 2.24) is 10.1 Å². The topological polar surface area (TPSA) is 69.4 Å². The molecule has 3 heterocycles. The van der Waals surface area contributed by atoms with Crippen LogP contribution in [0.15, 0.2) is 35.3 Å². The first-order valence-corrected chi connectivity index (χ1v) is 7.16. The Morgan fingerprint density at radius 3 is 2.78 bits per heavy atom. The number of hydrogen-bond donors (Lipinski definition) is 1. The molecule has 0 amide bonds. The molecule has 0 aliphatic carbocycles. The summed E-state index contributed by atoms with van der Waals surface area (Å²) in [7, 11) is 1.64. The van der Waals surface area contributed by atoms with E-state index in [1.54, 1.807) is 13.3 Å². The van der Waals surface area contributed by atoms with E-state index in [-0.39, 0.29) is 0 Å². The normalized spacial score (nSPS) is 12.9. The molecule has 0 fully saturated rings. The van der Waals surface area contributed by atoms with Crippen LogP contribution in [-0.2, 0) is 0 Å². The van der Waals surface area contributed by atoms with Crippen molar-refractivity contribution in [3.8, 4) is 22.6 Å². The number of methoxy groups -OCH3 is 1. The summed E-state index contributed by atoms with van der Waals surface area (Å²) >= 11 is 0. The van der Waals surface area contributed by atoms with Crippen LogP contribution in [0, 0.1) is 13.8 Å². The summed E-state index contributed by atoms with van der Waals surface area (Å²) in [6.07, 6.45) is 1.69. The molecule has 4 rings (SSSR count). The molecular weight excluding hydrogens is 294 g/mol. The van der Waals surface area contributed by atoms with E-state index < -0.39 is 0 Å². The first-order valence-electron chi connectivity index (χ1n) is 7.16. The minimum Gasteiger partial charge on any atom is -0.496 e. The van der Waals surface area contributed by atoms with Crippen molar-refractivity contribution >= 4 is 16.6 Å². The van der Waals surface area contributed by atoms with Gasteiger partial charge in [-0.15, -0.1) is 0 Å². The fourth-order valence-electron chi connectivity index (χ4n) is 2.94. The van der Waals surface area contributed by atoms with Crippen molar-refractivity contribution in [3.63, 3.8) is 0 Å². The lowest BCUT2D eigenvalue weighted by Crippen LogP contribution is -1.94. The summed E-state index contributed by atoms with van der Waals surface area (Å²) in [6, 6.07) is 3.92. The third kappa shape index (κ3) is 1.95. The van der Waals surface area contributed by atoms with E-state index in [0.29, 0.717) is 11.6 Å². The smallest absolute Gasteiger partial charge is 0.190 e. The van der Waals surface area contributed by atoms with Crippen LogP contribution in [0.4, 0.5) is 5.69 Å². The molecule has 2 aromatic heterocycles. The Morgan fingerprint density at radius 1 is 1.26 bits per heavy atom. The Hall–Kier alpha value is -3.02. The van der Waals surface area contributed by atoms with Crippen LogP contribution in [0.1, 0.15) is 11.5 Å². The van der Waals surface area contributed by atoms with E-state index in [1.165, 1.54) is 0 Å². The van der Waals surface area contributed by atoms with Gasteiger partial charge in [-0.25, -0.2) is 0 Å². The van der Waals surface area contributed by atoms with Gasteiger partial charge in [-0.2, -0.15) is 0 Å². The molecule has 116 valence electrons. The minimum atomic E-state index is 0.489. The van der Waals surface area contributed by atoms with Crippen molar-refractivity contribution in [2.75, 3.05) is 12.4 Å². The highest BCUT2D eigenvalue weighted by Gasteiger charge is 2.22. The number of aryl methyl sites for hydroxylation is 2. The summed E-state index contributed by atoms with van der Waals surface area (Å²) < 4.78 is 16.4. The van der Waals surface area contributed by atoms with Crippen molar-refractivity contribution in [1.29, 1.82) is 0 Å². The average molecular weight is 309 g/mol. The average Bonchev–Trinajstić information content (AvgIpc) is 3.07. The Labute approximate surface area is 132 Å². The molecule has 0 radical (unpaired) electrons. The molecule has 1 aliphatic heterocycles. The molecule has 0 bridgehead atoms. The van der Waals surface area contributed by atoms with E-state index in [9.17, 15) is 0 Å². The fourth-order valence-corrected chi connectivity index (χ4v) is 2.94. The number of fused-ring (bicyclic) bond motifs is 3. The maximum absolute atomic E-state index is 5.59. The number of benzene rings is 1. The molecule has 1 aromatic carbocycles. The van der Waals surface area contributed by atoms with E-state index in [2.05, 4.69) is 22.0 Å². The summed E-state index contributed by atoms with van der Waals surface area (Å²) in [4.78, 5) is 4.48. The van der Waals surface area contributed by atoms with Crippen LogP contribution in [0.3, 0.4) is 0 Å². The molecule has 3 aromatic rings. The van der Waals surface area contributed by atoms with Crippen molar-refractivity contribution in [2.24, 2.45) is 0 Å². The van der Waals surface area contributed by atoms with Gasteiger partial charge >= 0.3 is 0 Å². The van der Waals surface area contributed by atoms with Gasteiger partial charge in [0.15, 0.2) is 11.6 Å². The van der Waals surface area contributed by atoms with Gasteiger partial charge in [0.05, 0.1) is 35.8 Å². The minimum absolute atomic E-state index is 0.489. The number of hydrogen-bond acceptors (Lipinski definition) is 6. The maximum atomic E-state index is 5.59. The van der Waals surface area contributed by atoms with Gasteiger partial charge in [0.1, 0.15) is 11.5 Å². The standard InChI is InChI=1S/C17H15N3O3/c1-8-16(9(2)23-20-8)12-5-13-11(6-14(12)21-4)17-15(7-18-13)22-10(3)19-17/h5-7,19H,3H2,1-2,4H3. The Balaban J connectivity index is 2.01. The van der Waals surface area contributed by atoms with Gasteiger partial charge in [0.2, 0.25) is 0 Å². The Kier molecular flexibility index (Phi) is 2.81. The lowest BCUT2D eigenvalue weighted by Gasteiger charge is -2.11. The first-order chi connectivity index (χ1) is 11.1.